The van der Waals surface area contributed by atoms with Crippen molar-refractivity contribution in [2.75, 3.05) is 18.0 Å². The van der Waals surface area contributed by atoms with Crippen LogP contribution < -0.4 is 9.47 Å². The third-order valence-corrected chi connectivity index (χ3v) is 7.31. The molecule has 1 aliphatic rings. The molecule has 5 aromatic rings. The number of furan rings is 1. The maximum absolute atomic E-state index is 10.0. The predicted molar refractivity (Wildman–Crippen MR) is 141 cm³/mol. The second-order valence-corrected chi connectivity index (χ2v) is 9.51. The molecule has 0 bridgehead atoms. The standard InChI is InChI=1S/C31H28N3O/c1-21-12-14-25-26-15-13-23(20-32)29(22-9-8-10-24(19-22)34-17-5-3-6-18-34)31(26)35-30(25)28(21)27-11-4-7-16-33(27)2/h4,7-16,19H,3,5-6,17-18H2,1-2H3/q+1. The molecule has 0 spiro atoms. The molecule has 0 aliphatic carbocycles. The number of nitriles is 1. The second kappa shape index (κ2) is 8.60. The maximum atomic E-state index is 10.0. The van der Waals surface area contributed by atoms with Crippen molar-refractivity contribution in [3.63, 3.8) is 0 Å². The fraction of sp³-hybridized carbons (Fsp3) is 0.226. The second-order valence-electron chi connectivity index (χ2n) is 9.51. The fourth-order valence-electron chi connectivity index (χ4n) is 5.49. The largest absolute Gasteiger partial charge is 0.454 e. The van der Waals surface area contributed by atoms with E-state index in [4.69, 9.17) is 4.42 Å². The molecule has 2 aromatic heterocycles. The Labute approximate surface area is 205 Å². The van der Waals surface area contributed by atoms with Crippen molar-refractivity contribution >= 4 is 27.6 Å². The number of nitrogens with zero attached hydrogens (tertiary/aromatic N) is 3. The molecule has 172 valence electrons. The summed E-state index contributed by atoms with van der Waals surface area (Å²) in [7, 11) is 2.06. The summed E-state index contributed by atoms with van der Waals surface area (Å²) in [5.41, 5.74) is 8.75. The van der Waals surface area contributed by atoms with E-state index >= 15 is 0 Å². The zero-order valence-corrected chi connectivity index (χ0v) is 20.2. The number of anilines is 1. The molecule has 4 heteroatoms. The van der Waals surface area contributed by atoms with Crippen LogP contribution in [0.5, 0.6) is 0 Å². The van der Waals surface area contributed by atoms with E-state index in [9.17, 15) is 5.26 Å². The van der Waals surface area contributed by atoms with Crippen molar-refractivity contribution < 1.29 is 8.98 Å². The van der Waals surface area contributed by atoms with Gasteiger partial charge in [-0.25, -0.2) is 4.57 Å². The lowest BCUT2D eigenvalue weighted by Crippen LogP contribution is -2.30. The van der Waals surface area contributed by atoms with Gasteiger partial charge < -0.3 is 9.32 Å². The summed E-state index contributed by atoms with van der Waals surface area (Å²) in [6, 6.07) is 25.5. The summed E-state index contributed by atoms with van der Waals surface area (Å²) < 4.78 is 8.83. The predicted octanol–water partition coefficient (Wildman–Crippen LogP) is 6.91. The van der Waals surface area contributed by atoms with E-state index in [0.717, 1.165) is 63.0 Å². The summed E-state index contributed by atoms with van der Waals surface area (Å²) in [6.07, 6.45) is 5.81. The molecule has 0 N–H and O–H groups in total. The van der Waals surface area contributed by atoms with Gasteiger partial charge in [0.05, 0.1) is 17.2 Å². The van der Waals surface area contributed by atoms with Crippen LogP contribution in [0.1, 0.15) is 30.4 Å². The molecule has 3 heterocycles. The fourth-order valence-corrected chi connectivity index (χ4v) is 5.49. The van der Waals surface area contributed by atoms with E-state index in [1.165, 1.54) is 24.9 Å². The van der Waals surface area contributed by atoms with Gasteiger partial charge in [-0.1, -0.05) is 24.3 Å². The molecule has 6 rings (SSSR count). The molecular formula is C31H28N3O+. The van der Waals surface area contributed by atoms with Gasteiger partial charge in [0.1, 0.15) is 18.2 Å². The number of rotatable bonds is 3. The molecule has 0 radical (unpaired) electrons. The molecule has 35 heavy (non-hydrogen) atoms. The highest BCUT2D eigenvalue weighted by Crippen LogP contribution is 2.42. The third-order valence-electron chi connectivity index (χ3n) is 7.31. The van der Waals surface area contributed by atoms with Gasteiger partial charge in [-0.3, -0.25) is 0 Å². The summed E-state index contributed by atoms with van der Waals surface area (Å²) in [5.74, 6) is 0. The Morgan fingerprint density at radius 1 is 0.857 bits per heavy atom. The Hall–Kier alpha value is -4.10. The summed E-state index contributed by atoms with van der Waals surface area (Å²) in [5, 5.41) is 12.2. The van der Waals surface area contributed by atoms with Crippen molar-refractivity contribution in [2.24, 2.45) is 7.05 Å². The summed E-state index contributed by atoms with van der Waals surface area (Å²) >= 11 is 0. The Kier molecular flexibility index (Phi) is 5.26. The zero-order valence-electron chi connectivity index (χ0n) is 20.2. The van der Waals surface area contributed by atoms with Gasteiger partial charge in [0.15, 0.2) is 6.20 Å². The molecular weight excluding hydrogens is 430 g/mol. The minimum atomic E-state index is 0.635. The normalized spacial score (nSPS) is 13.9. The lowest BCUT2D eigenvalue weighted by Gasteiger charge is -2.29. The van der Waals surface area contributed by atoms with Gasteiger partial charge in [0.2, 0.25) is 5.69 Å². The van der Waals surface area contributed by atoms with Gasteiger partial charge in [0.25, 0.3) is 0 Å². The van der Waals surface area contributed by atoms with Crippen molar-refractivity contribution in [3.05, 3.63) is 84.1 Å². The van der Waals surface area contributed by atoms with E-state index in [2.05, 4.69) is 84.2 Å². The van der Waals surface area contributed by atoms with Gasteiger partial charge in [-0.05, 0) is 67.6 Å². The van der Waals surface area contributed by atoms with Crippen LogP contribution in [0.2, 0.25) is 0 Å². The van der Waals surface area contributed by atoms with E-state index in [0.29, 0.717) is 5.56 Å². The Bertz CT molecular complexity index is 1620. The van der Waals surface area contributed by atoms with Crippen LogP contribution in [0.4, 0.5) is 5.69 Å². The number of aromatic nitrogens is 1. The first-order valence-corrected chi connectivity index (χ1v) is 12.3. The maximum Gasteiger partial charge on any atom is 0.216 e. The molecule has 0 saturated carbocycles. The number of hydrogen-bond acceptors (Lipinski definition) is 3. The van der Waals surface area contributed by atoms with E-state index < -0.39 is 0 Å². The van der Waals surface area contributed by atoms with Crippen molar-refractivity contribution in [3.8, 4) is 28.5 Å². The van der Waals surface area contributed by atoms with Crippen molar-refractivity contribution in [1.29, 1.82) is 5.26 Å². The van der Waals surface area contributed by atoms with Gasteiger partial charge in [0, 0.05) is 47.2 Å². The van der Waals surface area contributed by atoms with E-state index in [1.54, 1.807) is 0 Å². The number of hydrogen-bond donors (Lipinski definition) is 0. The van der Waals surface area contributed by atoms with Crippen LogP contribution in [0.3, 0.4) is 0 Å². The minimum absolute atomic E-state index is 0.635. The van der Waals surface area contributed by atoms with Gasteiger partial charge in [-0.15, -0.1) is 0 Å². The number of pyridine rings is 1. The Morgan fingerprint density at radius 2 is 1.63 bits per heavy atom. The van der Waals surface area contributed by atoms with Crippen LogP contribution in [0.25, 0.3) is 44.3 Å². The van der Waals surface area contributed by atoms with Gasteiger partial charge >= 0.3 is 0 Å². The highest BCUT2D eigenvalue weighted by atomic mass is 16.3. The highest BCUT2D eigenvalue weighted by molar-refractivity contribution is 6.14. The molecule has 0 amide bonds. The lowest BCUT2D eigenvalue weighted by molar-refractivity contribution is -0.660. The highest BCUT2D eigenvalue weighted by Gasteiger charge is 2.23. The van der Waals surface area contributed by atoms with Crippen LogP contribution in [0, 0.1) is 18.3 Å². The molecule has 0 atom stereocenters. The van der Waals surface area contributed by atoms with E-state index in [1.807, 2.05) is 18.2 Å². The van der Waals surface area contributed by atoms with Crippen LogP contribution >= 0.6 is 0 Å². The van der Waals surface area contributed by atoms with Crippen LogP contribution in [-0.2, 0) is 7.05 Å². The first-order valence-electron chi connectivity index (χ1n) is 12.3. The zero-order chi connectivity index (χ0) is 23.9. The Balaban J connectivity index is 1.62. The molecule has 1 saturated heterocycles. The first kappa shape index (κ1) is 21.4. The van der Waals surface area contributed by atoms with Gasteiger partial charge in [-0.2, -0.15) is 5.26 Å². The van der Waals surface area contributed by atoms with Crippen molar-refractivity contribution in [2.45, 2.75) is 26.2 Å². The minimum Gasteiger partial charge on any atom is -0.454 e. The van der Waals surface area contributed by atoms with Crippen LogP contribution in [0.15, 0.2) is 77.3 Å². The number of fused-ring (bicyclic) bond motifs is 3. The molecule has 1 fully saturated rings. The average Bonchev–Trinajstić information content (AvgIpc) is 3.28. The number of piperidine rings is 1. The molecule has 3 aromatic carbocycles. The first-order chi connectivity index (χ1) is 17.2. The van der Waals surface area contributed by atoms with Crippen molar-refractivity contribution in [1.82, 2.24) is 0 Å². The molecule has 0 unspecified atom stereocenters. The van der Waals surface area contributed by atoms with E-state index in [-0.39, 0.29) is 0 Å². The quantitative estimate of drug-likeness (QED) is 0.276. The smallest absolute Gasteiger partial charge is 0.216 e. The molecule has 4 nitrogen and oxygen atoms in total. The summed E-state index contributed by atoms with van der Waals surface area (Å²) in [6.45, 7) is 4.29. The number of benzene rings is 3. The summed E-state index contributed by atoms with van der Waals surface area (Å²) in [4.78, 5) is 2.45. The number of aryl methyl sites for hydroxylation is 2. The monoisotopic (exact) mass is 458 g/mol. The average molecular weight is 459 g/mol. The Morgan fingerprint density at radius 3 is 2.40 bits per heavy atom. The molecule has 1 aliphatic heterocycles. The topological polar surface area (TPSA) is 44.1 Å². The third kappa shape index (κ3) is 3.56. The lowest BCUT2D eigenvalue weighted by atomic mass is 9.95. The SMILES string of the molecule is Cc1ccc2c(oc3c(-c4cccc(N5CCCCC5)c4)c(C#N)ccc32)c1-c1cccc[n+]1C. The van der Waals surface area contributed by atoms with Crippen LogP contribution in [-0.4, -0.2) is 13.1 Å².